The van der Waals surface area contributed by atoms with Crippen LogP contribution in [0.4, 0.5) is 0 Å². The maximum absolute atomic E-state index is 5.81. The van der Waals surface area contributed by atoms with E-state index in [0.717, 1.165) is 5.92 Å². The molecule has 19 heavy (non-hydrogen) atoms. The number of unbranched alkanes of at least 4 members (excludes halogenated alkanes) is 5. The molecule has 1 atom stereocenters. The first-order chi connectivity index (χ1) is 9.38. The van der Waals surface area contributed by atoms with Gasteiger partial charge in [0.2, 0.25) is 0 Å². The molecule has 1 aliphatic rings. The number of hydrazine groups is 1. The fraction of sp³-hybridized carbons (Fsp3) is 1.00. The Hall–Kier alpha value is -0.0800. The van der Waals surface area contributed by atoms with Crippen LogP contribution in [-0.2, 0) is 0 Å². The van der Waals surface area contributed by atoms with Crippen molar-refractivity contribution in [3.05, 3.63) is 0 Å². The van der Waals surface area contributed by atoms with E-state index in [9.17, 15) is 0 Å². The second kappa shape index (κ2) is 11.7. The van der Waals surface area contributed by atoms with Crippen molar-refractivity contribution in [2.24, 2.45) is 11.8 Å². The lowest BCUT2D eigenvalue weighted by atomic mass is 9.84. The van der Waals surface area contributed by atoms with E-state index in [1.54, 1.807) is 0 Å². The largest absolute Gasteiger partial charge is 0.271 e. The van der Waals surface area contributed by atoms with E-state index in [1.807, 2.05) is 0 Å². The van der Waals surface area contributed by atoms with E-state index in [2.05, 4.69) is 12.3 Å². The Morgan fingerprint density at radius 3 is 2.11 bits per heavy atom. The van der Waals surface area contributed by atoms with Gasteiger partial charge in [-0.1, -0.05) is 77.6 Å². The quantitative estimate of drug-likeness (QED) is 0.353. The van der Waals surface area contributed by atoms with Gasteiger partial charge in [-0.25, -0.2) is 0 Å². The first-order valence-electron chi connectivity index (χ1n) is 8.84. The van der Waals surface area contributed by atoms with Gasteiger partial charge >= 0.3 is 0 Å². The van der Waals surface area contributed by atoms with Gasteiger partial charge in [0.25, 0.3) is 0 Å². The molecule has 114 valence electrons. The fourth-order valence-electron chi connectivity index (χ4n) is 3.49. The molecule has 1 aliphatic carbocycles. The maximum Gasteiger partial charge on any atom is 0.0238 e. The molecule has 0 heterocycles. The number of nitrogens with two attached hydrogens (primary N) is 1. The summed E-state index contributed by atoms with van der Waals surface area (Å²) in [5.41, 5.74) is 3.12. The van der Waals surface area contributed by atoms with Gasteiger partial charge in [0.15, 0.2) is 0 Å². The predicted octanol–water partition coefficient (Wildman–Crippen LogP) is 4.93. The Morgan fingerprint density at radius 1 is 0.895 bits per heavy atom. The summed E-state index contributed by atoms with van der Waals surface area (Å²) < 4.78 is 0. The number of nitrogens with one attached hydrogen (secondary N) is 1. The van der Waals surface area contributed by atoms with Crippen LogP contribution < -0.4 is 11.3 Å². The van der Waals surface area contributed by atoms with Crippen LogP contribution in [0.3, 0.4) is 0 Å². The first kappa shape index (κ1) is 17.0. The third kappa shape index (κ3) is 7.94. The van der Waals surface area contributed by atoms with Crippen molar-refractivity contribution >= 4 is 0 Å². The molecule has 0 aromatic heterocycles. The number of hydrogen-bond acceptors (Lipinski definition) is 2. The molecule has 0 radical (unpaired) electrons. The second-order valence-electron chi connectivity index (χ2n) is 6.43. The van der Waals surface area contributed by atoms with E-state index in [0.29, 0.717) is 6.04 Å². The van der Waals surface area contributed by atoms with Crippen LogP contribution in [-0.4, -0.2) is 6.04 Å². The summed E-state index contributed by atoms with van der Waals surface area (Å²) in [6.07, 6.45) is 19.6. The first-order valence-corrected chi connectivity index (χ1v) is 8.84. The summed E-state index contributed by atoms with van der Waals surface area (Å²) in [6.45, 7) is 2.28. The molecule has 0 saturated heterocycles. The lowest BCUT2D eigenvalue weighted by molar-refractivity contribution is 0.270. The van der Waals surface area contributed by atoms with Gasteiger partial charge in [0.1, 0.15) is 0 Å². The molecule has 0 spiro atoms. The minimum atomic E-state index is 0.573. The van der Waals surface area contributed by atoms with Gasteiger partial charge in [0, 0.05) is 6.04 Å². The molecule has 0 bridgehead atoms. The Balaban J connectivity index is 2.15. The molecule has 0 aromatic rings. The SMILES string of the molecule is CCCCCCCCC(NN)C1CCCCCCC1. The van der Waals surface area contributed by atoms with Crippen LogP contribution >= 0.6 is 0 Å². The topological polar surface area (TPSA) is 38.0 Å². The highest BCUT2D eigenvalue weighted by Gasteiger charge is 2.20. The molecule has 0 aliphatic heterocycles. The minimum Gasteiger partial charge on any atom is -0.271 e. The van der Waals surface area contributed by atoms with Crippen LogP contribution in [0.2, 0.25) is 0 Å². The summed E-state index contributed by atoms with van der Waals surface area (Å²) >= 11 is 0. The average molecular weight is 268 g/mol. The Bertz CT molecular complexity index is 186. The summed E-state index contributed by atoms with van der Waals surface area (Å²) in [4.78, 5) is 0. The van der Waals surface area contributed by atoms with Crippen LogP contribution in [0.15, 0.2) is 0 Å². The van der Waals surface area contributed by atoms with Crippen molar-refractivity contribution in [3.63, 3.8) is 0 Å². The summed E-state index contributed by atoms with van der Waals surface area (Å²) in [6, 6.07) is 0.573. The van der Waals surface area contributed by atoms with Crippen molar-refractivity contribution < 1.29 is 0 Å². The lowest BCUT2D eigenvalue weighted by Crippen LogP contribution is -2.41. The van der Waals surface area contributed by atoms with Crippen molar-refractivity contribution in [1.82, 2.24) is 5.43 Å². The van der Waals surface area contributed by atoms with Crippen LogP contribution in [0.25, 0.3) is 0 Å². The van der Waals surface area contributed by atoms with Crippen LogP contribution in [0, 0.1) is 5.92 Å². The smallest absolute Gasteiger partial charge is 0.0238 e. The summed E-state index contributed by atoms with van der Waals surface area (Å²) in [7, 11) is 0. The van der Waals surface area contributed by atoms with Gasteiger partial charge in [0.05, 0.1) is 0 Å². The van der Waals surface area contributed by atoms with Gasteiger partial charge in [-0.2, -0.15) is 0 Å². The molecule has 3 N–H and O–H groups in total. The Labute approximate surface area is 120 Å². The van der Waals surface area contributed by atoms with Gasteiger partial charge in [-0.3, -0.25) is 11.3 Å². The van der Waals surface area contributed by atoms with E-state index < -0.39 is 0 Å². The van der Waals surface area contributed by atoms with Crippen molar-refractivity contribution in [3.8, 4) is 0 Å². The molecular weight excluding hydrogens is 232 g/mol. The molecule has 1 rings (SSSR count). The molecule has 1 fully saturated rings. The zero-order valence-electron chi connectivity index (χ0n) is 13.1. The standard InChI is InChI=1S/C17H36N2/c1-2-3-4-5-9-12-15-17(19-18)16-13-10-7-6-8-11-14-16/h16-17,19H,2-15,18H2,1H3. The Morgan fingerprint density at radius 2 is 1.47 bits per heavy atom. The number of rotatable bonds is 9. The van der Waals surface area contributed by atoms with E-state index >= 15 is 0 Å². The molecule has 1 saturated carbocycles. The molecule has 0 amide bonds. The molecular formula is C17H36N2. The van der Waals surface area contributed by atoms with E-state index in [4.69, 9.17) is 5.84 Å². The zero-order chi connectivity index (χ0) is 13.8. The summed E-state index contributed by atoms with van der Waals surface area (Å²) in [5, 5.41) is 0. The van der Waals surface area contributed by atoms with Gasteiger partial charge < -0.3 is 0 Å². The third-order valence-electron chi connectivity index (χ3n) is 4.80. The summed E-state index contributed by atoms with van der Waals surface area (Å²) in [5.74, 6) is 6.64. The van der Waals surface area contributed by atoms with Crippen molar-refractivity contribution in [2.45, 2.75) is 103 Å². The number of hydrogen-bond donors (Lipinski definition) is 2. The molecule has 2 heteroatoms. The second-order valence-corrected chi connectivity index (χ2v) is 6.43. The maximum atomic E-state index is 5.81. The van der Waals surface area contributed by atoms with E-state index in [-0.39, 0.29) is 0 Å². The van der Waals surface area contributed by atoms with Crippen molar-refractivity contribution in [1.29, 1.82) is 0 Å². The van der Waals surface area contributed by atoms with Gasteiger partial charge in [-0.05, 0) is 25.2 Å². The lowest BCUT2D eigenvalue weighted by Gasteiger charge is -2.28. The average Bonchev–Trinajstić information content (AvgIpc) is 2.39. The van der Waals surface area contributed by atoms with Crippen LogP contribution in [0.5, 0.6) is 0 Å². The minimum absolute atomic E-state index is 0.573. The molecule has 2 nitrogen and oxygen atoms in total. The molecule has 0 aromatic carbocycles. The highest BCUT2D eigenvalue weighted by atomic mass is 15.2. The third-order valence-corrected chi connectivity index (χ3v) is 4.80. The normalized spacial score (nSPS) is 19.9. The fourth-order valence-corrected chi connectivity index (χ4v) is 3.49. The molecule has 1 unspecified atom stereocenters. The van der Waals surface area contributed by atoms with Gasteiger partial charge in [-0.15, -0.1) is 0 Å². The van der Waals surface area contributed by atoms with E-state index in [1.165, 1.54) is 89.9 Å². The highest BCUT2D eigenvalue weighted by molar-refractivity contribution is 4.76. The zero-order valence-corrected chi connectivity index (χ0v) is 13.1. The monoisotopic (exact) mass is 268 g/mol. The van der Waals surface area contributed by atoms with Crippen molar-refractivity contribution in [2.75, 3.05) is 0 Å². The highest BCUT2D eigenvalue weighted by Crippen LogP contribution is 2.27. The predicted molar refractivity (Wildman–Crippen MR) is 84.9 cm³/mol. The van der Waals surface area contributed by atoms with Crippen LogP contribution in [0.1, 0.15) is 96.8 Å². The Kier molecular flexibility index (Phi) is 10.5.